The largest absolute Gasteiger partial charge is 0.349 e. The van der Waals surface area contributed by atoms with E-state index < -0.39 is 0 Å². The third kappa shape index (κ3) is 3.63. The molecule has 0 saturated carbocycles. The molecule has 0 fully saturated rings. The Hall–Kier alpha value is -0.900. The van der Waals surface area contributed by atoms with Gasteiger partial charge >= 0.3 is 0 Å². The molecule has 0 saturated heterocycles. The molecule has 1 atom stereocenters. The number of hydrogen-bond acceptors (Lipinski definition) is 2. The van der Waals surface area contributed by atoms with Crippen LogP contribution in [0.25, 0.3) is 0 Å². The minimum Gasteiger partial charge on any atom is -0.349 e. The van der Waals surface area contributed by atoms with Crippen LogP contribution in [0.3, 0.4) is 0 Å². The number of hydrogen-bond donors (Lipinski definition) is 1. The fraction of sp³-hybridized carbons (Fsp3) is 0.455. The first-order valence-corrected chi connectivity index (χ1v) is 5.77. The highest BCUT2D eigenvalue weighted by Crippen LogP contribution is 2.05. The molecule has 0 aromatic carbocycles. The van der Waals surface area contributed by atoms with E-state index in [1.165, 1.54) is 5.56 Å². The van der Waals surface area contributed by atoms with Crippen LogP contribution in [-0.4, -0.2) is 15.7 Å². The van der Waals surface area contributed by atoms with E-state index in [0.717, 1.165) is 11.4 Å². The minimum absolute atomic E-state index is 0.0185. The maximum Gasteiger partial charge on any atom is 0.233 e. The van der Waals surface area contributed by atoms with Gasteiger partial charge in [0.15, 0.2) is 0 Å². The van der Waals surface area contributed by atoms with E-state index in [9.17, 15) is 4.79 Å². The average molecular weight is 271 g/mol. The van der Waals surface area contributed by atoms with E-state index in [4.69, 9.17) is 0 Å². The van der Waals surface area contributed by atoms with E-state index in [-0.39, 0.29) is 10.7 Å². The van der Waals surface area contributed by atoms with Crippen molar-refractivity contribution in [3.05, 3.63) is 29.1 Å². The Bertz CT molecular complexity index is 364. The predicted molar refractivity (Wildman–Crippen MR) is 63.9 cm³/mol. The van der Waals surface area contributed by atoms with Crippen LogP contribution in [0.15, 0.2) is 12.1 Å². The number of amides is 1. The number of aryl methyl sites for hydroxylation is 2. The minimum atomic E-state index is -0.163. The first-order chi connectivity index (χ1) is 7.00. The van der Waals surface area contributed by atoms with Crippen molar-refractivity contribution in [1.82, 2.24) is 10.3 Å². The van der Waals surface area contributed by atoms with Crippen molar-refractivity contribution in [2.24, 2.45) is 0 Å². The van der Waals surface area contributed by atoms with Crippen LogP contribution in [-0.2, 0) is 11.3 Å². The maximum atomic E-state index is 11.3. The zero-order valence-electron chi connectivity index (χ0n) is 9.17. The summed E-state index contributed by atoms with van der Waals surface area (Å²) in [4.78, 5) is 15.5. The summed E-state index contributed by atoms with van der Waals surface area (Å²) in [6.45, 7) is 6.26. The quantitative estimate of drug-likeness (QED) is 0.855. The molecule has 4 heteroatoms. The molecule has 3 nitrogen and oxygen atoms in total. The molecule has 1 N–H and O–H groups in total. The number of aromatic nitrogens is 1. The second-order valence-electron chi connectivity index (χ2n) is 3.54. The number of nitrogens with zero attached hydrogens (tertiary/aromatic N) is 1. The molecule has 15 heavy (non-hydrogen) atoms. The second-order valence-corrected chi connectivity index (χ2v) is 4.91. The van der Waals surface area contributed by atoms with Crippen LogP contribution >= 0.6 is 15.9 Å². The van der Waals surface area contributed by atoms with Gasteiger partial charge in [0.2, 0.25) is 5.91 Å². The molecule has 1 rings (SSSR count). The van der Waals surface area contributed by atoms with Gasteiger partial charge in [-0.15, -0.1) is 0 Å². The van der Waals surface area contributed by atoms with Crippen LogP contribution in [0.2, 0.25) is 0 Å². The van der Waals surface area contributed by atoms with Gasteiger partial charge in [-0.3, -0.25) is 9.78 Å². The summed E-state index contributed by atoms with van der Waals surface area (Å²) in [7, 11) is 0. The highest BCUT2D eigenvalue weighted by Gasteiger charge is 2.07. The van der Waals surface area contributed by atoms with Gasteiger partial charge in [-0.25, -0.2) is 0 Å². The molecule has 1 heterocycles. The summed E-state index contributed by atoms with van der Waals surface area (Å²) >= 11 is 3.21. The molecule has 0 radical (unpaired) electrons. The highest BCUT2D eigenvalue weighted by atomic mass is 79.9. The normalized spacial score (nSPS) is 12.3. The SMILES string of the molecule is Cc1ccc(CNC(=O)C(C)Br)nc1C. The van der Waals surface area contributed by atoms with Crippen molar-refractivity contribution < 1.29 is 4.79 Å². The number of carbonyl (C=O) groups excluding carboxylic acids is 1. The molecule has 1 unspecified atom stereocenters. The molecule has 0 bridgehead atoms. The maximum absolute atomic E-state index is 11.3. The van der Waals surface area contributed by atoms with Gasteiger partial charge in [-0.05, 0) is 32.4 Å². The molecule has 0 spiro atoms. The van der Waals surface area contributed by atoms with Crippen molar-refractivity contribution in [2.45, 2.75) is 32.1 Å². The standard InChI is InChI=1S/C11H15BrN2O/c1-7-4-5-10(14-9(7)3)6-13-11(15)8(2)12/h4-5,8H,6H2,1-3H3,(H,13,15). The Morgan fingerprint density at radius 2 is 2.20 bits per heavy atom. The van der Waals surface area contributed by atoms with Gasteiger partial charge < -0.3 is 5.32 Å². The van der Waals surface area contributed by atoms with Crippen LogP contribution in [0.1, 0.15) is 23.9 Å². The zero-order valence-corrected chi connectivity index (χ0v) is 10.8. The molecule has 0 aliphatic rings. The van der Waals surface area contributed by atoms with Crippen molar-refractivity contribution in [3.8, 4) is 0 Å². The first kappa shape index (κ1) is 12.2. The summed E-state index contributed by atoms with van der Waals surface area (Å²) in [5.74, 6) is -0.0185. The Kier molecular flexibility index (Phi) is 4.27. The van der Waals surface area contributed by atoms with E-state index >= 15 is 0 Å². The fourth-order valence-corrected chi connectivity index (χ4v) is 1.26. The molecular weight excluding hydrogens is 256 g/mol. The summed E-state index contributed by atoms with van der Waals surface area (Å²) < 4.78 is 0. The molecule has 1 aromatic rings. The number of carbonyl (C=O) groups is 1. The topological polar surface area (TPSA) is 42.0 Å². The Labute approximate surface area is 98.4 Å². The molecular formula is C11H15BrN2O. The second kappa shape index (κ2) is 5.26. The molecule has 1 amide bonds. The number of rotatable bonds is 3. The lowest BCUT2D eigenvalue weighted by Gasteiger charge is -2.07. The number of nitrogens with one attached hydrogen (secondary N) is 1. The lowest BCUT2D eigenvalue weighted by molar-refractivity contribution is -0.120. The van der Waals surface area contributed by atoms with Gasteiger partial charge in [0.05, 0.1) is 17.1 Å². The Balaban J connectivity index is 2.58. The van der Waals surface area contributed by atoms with E-state index in [2.05, 4.69) is 26.2 Å². The fourth-order valence-electron chi connectivity index (χ4n) is 1.10. The van der Waals surface area contributed by atoms with Crippen molar-refractivity contribution in [2.75, 3.05) is 0 Å². The van der Waals surface area contributed by atoms with Crippen molar-refractivity contribution >= 4 is 21.8 Å². The van der Waals surface area contributed by atoms with E-state index in [1.54, 1.807) is 6.92 Å². The predicted octanol–water partition coefficient (Wildman–Crippen LogP) is 2.10. The molecule has 0 aliphatic carbocycles. The van der Waals surface area contributed by atoms with Gasteiger partial charge in [0, 0.05) is 5.69 Å². The monoisotopic (exact) mass is 270 g/mol. The summed E-state index contributed by atoms with van der Waals surface area (Å²) in [6, 6.07) is 3.95. The van der Waals surface area contributed by atoms with Crippen molar-refractivity contribution in [3.63, 3.8) is 0 Å². The average Bonchev–Trinajstić information content (AvgIpc) is 2.19. The smallest absolute Gasteiger partial charge is 0.233 e. The van der Waals surface area contributed by atoms with Crippen LogP contribution in [0.5, 0.6) is 0 Å². The van der Waals surface area contributed by atoms with E-state index in [0.29, 0.717) is 6.54 Å². The third-order valence-corrected chi connectivity index (χ3v) is 2.63. The van der Waals surface area contributed by atoms with Gasteiger partial charge in [-0.2, -0.15) is 0 Å². The van der Waals surface area contributed by atoms with E-state index in [1.807, 2.05) is 26.0 Å². The van der Waals surface area contributed by atoms with Crippen LogP contribution in [0.4, 0.5) is 0 Å². The molecule has 0 aliphatic heterocycles. The van der Waals surface area contributed by atoms with Crippen molar-refractivity contribution in [1.29, 1.82) is 0 Å². The summed E-state index contributed by atoms with van der Waals surface area (Å²) in [6.07, 6.45) is 0. The van der Waals surface area contributed by atoms with Crippen LogP contribution in [0, 0.1) is 13.8 Å². The number of alkyl halides is 1. The molecule has 82 valence electrons. The lowest BCUT2D eigenvalue weighted by Crippen LogP contribution is -2.29. The van der Waals surface area contributed by atoms with Gasteiger partial charge in [0.1, 0.15) is 0 Å². The van der Waals surface area contributed by atoms with Crippen LogP contribution < -0.4 is 5.32 Å². The summed E-state index contributed by atoms with van der Waals surface area (Å²) in [5, 5.41) is 2.80. The molecule has 1 aromatic heterocycles. The van der Waals surface area contributed by atoms with Gasteiger partial charge in [-0.1, -0.05) is 22.0 Å². The van der Waals surface area contributed by atoms with Gasteiger partial charge in [0.25, 0.3) is 0 Å². The highest BCUT2D eigenvalue weighted by molar-refractivity contribution is 9.10. The first-order valence-electron chi connectivity index (χ1n) is 4.85. The lowest BCUT2D eigenvalue weighted by atomic mass is 10.2. The Morgan fingerprint density at radius 3 is 2.73 bits per heavy atom. The number of halogens is 1. The zero-order chi connectivity index (χ0) is 11.4. The third-order valence-electron chi connectivity index (χ3n) is 2.21. The summed E-state index contributed by atoms with van der Waals surface area (Å²) in [5.41, 5.74) is 3.06. The Morgan fingerprint density at radius 1 is 1.53 bits per heavy atom. The number of pyridine rings is 1.